The van der Waals surface area contributed by atoms with Gasteiger partial charge in [0.25, 0.3) is 0 Å². The Morgan fingerprint density at radius 1 is 1.26 bits per heavy atom. The molecule has 0 saturated carbocycles. The van der Waals surface area contributed by atoms with Gasteiger partial charge in [-0.05, 0) is 44.6 Å². The molecule has 0 spiro atoms. The lowest BCUT2D eigenvalue weighted by Gasteiger charge is -2.30. The van der Waals surface area contributed by atoms with Crippen molar-refractivity contribution in [2.24, 2.45) is 17.4 Å². The second kappa shape index (κ2) is 13.0. The molecule has 0 radical (unpaired) electrons. The van der Waals surface area contributed by atoms with Gasteiger partial charge in [-0.2, -0.15) is 0 Å². The number of nitrogens with one attached hydrogen (secondary N) is 3. The molecule has 3 amide bonds. The molecular weight excluding hydrogens is 442 g/mol. The molecule has 0 aromatic carbocycles. The van der Waals surface area contributed by atoms with Crippen LogP contribution < -0.4 is 22.1 Å². The first kappa shape index (κ1) is 27.3. The summed E-state index contributed by atoms with van der Waals surface area (Å²) in [5.74, 6) is -2.81. The number of aromatic nitrogens is 2. The number of unbranched alkanes of at least 4 members (excludes halogenated alkanes) is 1. The topological polar surface area (TPSA) is 197 Å². The van der Waals surface area contributed by atoms with Crippen LogP contribution in [0.4, 0.5) is 0 Å². The van der Waals surface area contributed by atoms with Crippen LogP contribution >= 0.6 is 0 Å². The Morgan fingerprint density at radius 2 is 2.00 bits per heavy atom. The van der Waals surface area contributed by atoms with Gasteiger partial charge in [-0.3, -0.25) is 14.4 Å². The van der Waals surface area contributed by atoms with E-state index in [0.717, 1.165) is 0 Å². The minimum absolute atomic E-state index is 0.232. The maximum Gasteiger partial charge on any atom is 0.326 e. The van der Waals surface area contributed by atoms with Gasteiger partial charge in [0.15, 0.2) is 0 Å². The van der Waals surface area contributed by atoms with Crippen LogP contribution in [0.25, 0.3) is 0 Å². The van der Waals surface area contributed by atoms with Gasteiger partial charge in [-0.25, -0.2) is 9.78 Å². The molecule has 190 valence electrons. The molecule has 1 saturated heterocycles. The fraction of sp³-hybridized carbons (Fsp3) is 0.682. The lowest BCUT2D eigenvalue weighted by Crippen LogP contribution is -2.57. The fourth-order valence-electron chi connectivity index (χ4n) is 4.02. The van der Waals surface area contributed by atoms with Crippen LogP contribution in [0.5, 0.6) is 0 Å². The van der Waals surface area contributed by atoms with E-state index in [9.17, 15) is 24.3 Å². The van der Waals surface area contributed by atoms with Crippen LogP contribution in [0.15, 0.2) is 12.5 Å². The monoisotopic (exact) mass is 479 g/mol. The number of imidazole rings is 1. The van der Waals surface area contributed by atoms with Gasteiger partial charge in [0.05, 0.1) is 12.4 Å². The SMILES string of the molecule is CC(C)C(NC(=O)C1CCCN1C(=O)C(CCCCN)NC(=O)C(N)Cc1cnc[nH]1)C(=O)O. The molecule has 2 heterocycles. The van der Waals surface area contributed by atoms with Crippen LogP contribution in [0.3, 0.4) is 0 Å². The highest BCUT2D eigenvalue weighted by molar-refractivity contribution is 5.94. The summed E-state index contributed by atoms with van der Waals surface area (Å²) in [5, 5.41) is 14.7. The number of nitrogens with two attached hydrogens (primary N) is 2. The number of hydrogen-bond acceptors (Lipinski definition) is 7. The van der Waals surface area contributed by atoms with Crippen LogP contribution in [0.1, 0.15) is 51.6 Å². The average molecular weight is 480 g/mol. The molecule has 1 aromatic heterocycles. The number of likely N-dealkylation sites (tertiary alicyclic amines) is 1. The summed E-state index contributed by atoms with van der Waals surface area (Å²) in [7, 11) is 0. The summed E-state index contributed by atoms with van der Waals surface area (Å²) >= 11 is 0. The minimum Gasteiger partial charge on any atom is -0.480 e. The Morgan fingerprint density at radius 3 is 2.59 bits per heavy atom. The van der Waals surface area contributed by atoms with Gasteiger partial charge >= 0.3 is 5.97 Å². The zero-order valence-corrected chi connectivity index (χ0v) is 19.8. The maximum absolute atomic E-state index is 13.4. The molecule has 12 nitrogen and oxygen atoms in total. The standard InChI is InChI=1S/C22H37N7O5/c1-13(2)18(22(33)34)28-20(31)17-7-5-9-29(17)21(32)16(6-3-4-8-23)27-19(30)15(24)10-14-11-25-12-26-14/h11-13,15-18H,3-10,23-24H2,1-2H3,(H,25,26)(H,27,30)(H,28,31)(H,33,34). The van der Waals surface area contributed by atoms with Crippen molar-refractivity contribution in [3.05, 3.63) is 18.2 Å². The number of aliphatic carboxylic acids is 1. The molecule has 12 heteroatoms. The largest absolute Gasteiger partial charge is 0.480 e. The lowest BCUT2D eigenvalue weighted by molar-refractivity contribution is -0.145. The highest BCUT2D eigenvalue weighted by atomic mass is 16.4. The van der Waals surface area contributed by atoms with Gasteiger partial charge in [0.2, 0.25) is 17.7 Å². The Balaban J connectivity index is 2.09. The highest BCUT2D eigenvalue weighted by Crippen LogP contribution is 2.20. The van der Waals surface area contributed by atoms with Crippen molar-refractivity contribution < 1.29 is 24.3 Å². The Bertz CT molecular complexity index is 830. The summed E-state index contributed by atoms with van der Waals surface area (Å²) in [4.78, 5) is 58.7. The lowest BCUT2D eigenvalue weighted by atomic mass is 10.0. The number of carbonyl (C=O) groups excluding carboxylic acids is 3. The second-order valence-electron chi connectivity index (χ2n) is 8.99. The smallest absolute Gasteiger partial charge is 0.326 e. The fourth-order valence-corrected chi connectivity index (χ4v) is 4.02. The summed E-state index contributed by atoms with van der Waals surface area (Å²) in [6, 6.07) is -3.59. The molecule has 0 bridgehead atoms. The summed E-state index contributed by atoms with van der Waals surface area (Å²) < 4.78 is 0. The van der Waals surface area contributed by atoms with Crippen molar-refractivity contribution in [1.29, 1.82) is 0 Å². The first-order chi connectivity index (χ1) is 16.1. The van der Waals surface area contributed by atoms with E-state index in [1.807, 2.05) is 0 Å². The molecule has 1 fully saturated rings. The second-order valence-corrected chi connectivity index (χ2v) is 8.99. The third-order valence-corrected chi connectivity index (χ3v) is 5.96. The molecule has 4 atom stereocenters. The van der Waals surface area contributed by atoms with Gasteiger partial charge in [-0.15, -0.1) is 0 Å². The number of nitrogens with zero attached hydrogens (tertiary/aromatic N) is 2. The molecule has 8 N–H and O–H groups in total. The predicted octanol–water partition coefficient (Wildman–Crippen LogP) is -0.890. The van der Waals surface area contributed by atoms with Crippen LogP contribution in [-0.2, 0) is 25.6 Å². The van der Waals surface area contributed by atoms with Gasteiger partial charge < -0.3 is 37.1 Å². The van der Waals surface area contributed by atoms with E-state index in [2.05, 4.69) is 20.6 Å². The number of carboxylic acid groups (broad SMARTS) is 1. The van der Waals surface area contributed by atoms with E-state index in [1.165, 1.54) is 11.2 Å². The van der Waals surface area contributed by atoms with Gasteiger partial charge in [0, 0.05) is 24.9 Å². The maximum atomic E-state index is 13.4. The molecule has 2 rings (SSSR count). The summed E-state index contributed by atoms with van der Waals surface area (Å²) in [6.45, 7) is 4.20. The molecule has 1 aliphatic heterocycles. The Kier molecular flexibility index (Phi) is 10.5. The van der Waals surface area contributed by atoms with E-state index in [-0.39, 0.29) is 18.2 Å². The minimum atomic E-state index is -1.13. The van der Waals surface area contributed by atoms with E-state index < -0.39 is 42.0 Å². The van der Waals surface area contributed by atoms with Crippen molar-refractivity contribution in [3.8, 4) is 0 Å². The van der Waals surface area contributed by atoms with E-state index in [1.54, 1.807) is 20.0 Å². The van der Waals surface area contributed by atoms with Crippen molar-refractivity contribution in [2.45, 2.75) is 76.5 Å². The third-order valence-electron chi connectivity index (χ3n) is 5.96. The summed E-state index contributed by atoms with van der Waals surface area (Å²) in [5.41, 5.74) is 12.3. The number of carboxylic acids is 1. The van der Waals surface area contributed by atoms with E-state index in [4.69, 9.17) is 11.5 Å². The van der Waals surface area contributed by atoms with Crippen LogP contribution in [-0.4, -0.2) is 80.9 Å². The number of rotatable bonds is 13. The third kappa shape index (κ3) is 7.52. The van der Waals surface area contributed by atoms with Gasteiger partial charge in [-0.1, -0.05) is 13.8 Å². The quantitative estimate of drug-likeness (QED) is 0.196. The number of hydrogen-bond donors (Lipinski definition) is 6. The van der Waals surface area contributed by atoms with Crippen molar-refractivity contribution in [2.75, 3.05) is 13.1 Å². The number of amides is 3. The zero-order chi connectivity index (χ0) is 25.3. The Labute approximate surface area is 199 Å². The van der Waals surface area contributed by atoms with Crippen molar-refractivity contribution in [3.63, 3.8) is 0 Å². The van der Waals surface area contributed by atoms with Crippen molar-refractivity contribution >= 4 is 23.7 Å². The van der Waals surface area contributed by atoms with E-state index in [0.29, 0.717) is 50.9 Å². The highest BCUT2D eigenvalue weighted by Gasteiger charge is 2.39. The van der Waals surface area contributed by atoms with Crippen LogP contribution in [0, 0.1) is 5.92 Å². The number of H-pyrrole nitrogens is 1. The molecule has 34 heavy (non-hydrogen) atoms. The first-order valence-electron chi connectivity index (χ1n) is 11.7. The molecule has 1 aromatic rings. The van der Waals surface area contributed by atoms with Crippen molar-refractivity contribution in [1.82, 2.24) is 25.5 Å². The normalized spacial score (nSPS) is 18.4. The summed E-state index contributed by atoms with van der Waals surface area (Å²) in [6.07, 6.45) is 5.97. The average Bonchev–Trinajstić information content (AvgIpc) is 3.47. The number of carbonyl (C=O) groups is 4. The molecular formula is C22H37N7O5. The molecule has 0 aliphatic carbocycles. The van der Waals surface area contributed by atoms with E-state index >= 15 is 0 Å². The predicted molar refractivity (Wildman–Crippen MR) is 124 cm³/mol. The van der Waals surface area contributed by atoms with Gasteiger partial charge in [0.1, 0.15) is 18.1 Å². The Hall–Kier alpha value is -2.99. The molecule has 1 aliphatic rings. The first-order valence-corrected chi connectivity index (χ1v) is 11.7. The van der Waals surface area contributed by atoms with Crippen LogP contribution in [0.2, 0.25) is 0 Å². The number of aromatic amines is 1. The molecule has 4 unspecified atom stereocenters. The zero-order valence-electron chi connectivity index (χ0n) is 19.8.